The Bertz CT molecular complexity index is 440. The molecule has 0 bridgehead atoms. The average molecular weight is 244 g/mol. The molecule has 0 fully saturated rings. The predicted molar refractivity (Wildman–Crippen MR) is 60.0 cm³/mol. The fraction of sp³-hybridized carbons (Fsp3) is 0.333. The van der Waals surface area contributed by atoms with Crippen LogP contribution in [0.4, 0.5) is 0 Å². The van der Waals surface area contributed by atoms with Gasteiger partial charge in [-0.05, 0) is 18.6 Å². The normalized spacial score (nSPS) is 10.8. The number of rotatable bonds is 4. The van der Waals surface area contributed by atoms with Crippen LogP contribution in [-0.2, 0) is 6.54 Å². The zero-order chi connectivity index (χ0) is 10.7. The van der Waals surface area contributed by atoms with E-state index in [0.29, 0.717) is 13.0 Å². The standard InChI is InChI=1S/C9H10ClN3OS/c10-9-3-2-8(15-9)7-6-13(12-11-7)4-1-5-14/h2-3,6,14H,1,4-5H2. The summed E-state index contributed by atoms with van der Waals surface area (Å²) in [6, 6.07) is 3.77. The Morgan fingerprint density at radius 2 is 2.33 bits per heavy atom. The molecule has 0 atom stereocenters. The van der Waals surface area contributed by atoms with Crippen molar-refractivity contribution in [3.05, 3.63) is 22.7 Å². The van der Waals surface area contributed by atoms with Gasteiger partial charge in [0.1, 0.15) is 5.69 Å². The van der Waals surface area contributed by atoms with E-state index in [2.05, 4.69) is 10.3 Å². The molecule has 2 heterocycles. The van der Waals surface area contributed by atoms with Gasteiger partial charge in [0.25, 0.3) is 0 Å². The second-order valence-electron chi connectivity index (χ2n) is 3.05. The lowest BCUT2D eigenvalue weighted by atomic mass is 10.4. The SMILES string of the molecule is OCCCn1cc(-c2ccc(Cl)s2)nn1. The lowest BCUT2D eigenvalue weighted by Crippen LogP contribution is -2.00. The molecule has 2 aromatic rings. The summed E-state index contributed by atoms with van der Waals surface area (Å²) in [7, 11) is 0. The molecule has 0 aliphatic rings. The van der Waals surface area contributed by atoms with Gasteiger partial charge in [-0.15, -0.1) is 16.4 Å². The van der Waals surface area contributed by atoms with Crippen molar-refractivity contribution >= 4 is 22.9 Å². The number of nitrogens with zero attached hydrogens (tertiary/aromatic N) is 3. The molecule has 0 saturated carbocycles. The van der Waals surface area contributed by atoms with Crippen LogP contribution in [0.3, 0.4) is 0 Å². The highest BCUT2D eigenvalue weighted by atomic mass is 35.5. The van der Waals surface area contributed by atoms with E-state index in [0.717, 1.165) is 14.9 Å². The van der Waals surface area contributed by atoms with Gasteiger partial charge in [0.05, 0.1) is 15.4 Å². The van der Waals surface area contributed by atoms with Crippen LogP contribution in [-0.4, -0.2) is 26.7 Å². The molecule has 1 N–H and O–H groups in total. The Morgan fingerprint density at radius 1 is 1.47 bits per heavy atom. The summed E-state index contributed by atoms with van der Waals surface area (Å²) in [5.74, 6) is 0. The topological polar surface area (TPSA) is 50.9 Å². The number of thiophene rings is 1. The predicted octanol–water partition coefficient (Wildman–Crippen LogP) is 2.04. The fourth-order valence-corrected chi connectivity index (χ4v) is 2.20. The maximum Gasteiger partial charge on any atom is 0.123 e. The van der Waals surface area contributed by atoms with Gasteiger partial charge >= 0.3 is 0 Å². The first-order valence-corrected chi connectivity index (χ1v) is 5.76. The van der Waals surface area contributed by atoms with Crippen molar-refractivity contribution in [2.45, 2.75) is 13.0 Å². The van der Waals surface area contributed by atoms with Crippen LogP contribution in [0.15, 0.2) is 18.3 Å². The maximum atomic E-state index is 8.68. The van der Waals surface area contributed by atoms with E-state index in [9.17, 15) is 0 Å². The van der Waals surface area contributed by atoms with Crippen molar-refractivity contribution in [3.8, 4) is 10.6 Å². The van der Waals surface area contributed by atoms with Crippen molar-refractivity contribution in [2.75, 3.05) is 6.61 Å². The van der Waals surface area contributed by atoms with Crippen LogP contribution in [0.2, 0.25) is 4.34 Å². The smallest absolute Gasteiger partial charge is 0.123 e. The van der Waals surface area contributed by atoms with E-state index in [1.165, 1.54) is 11.3 Å². The third kappa shape index (κ3) is 2.56. The van der Waals surface area contributed by atoms with Crippen LogP contribution in [0.5, 0.6) is 0 Å². The van der Waals surface area contributed by atoms with Crippen LogP contribution >= 0.6 is 22.9 Å². The molecule has 0 spiro atoms. The Morgan fingerprint density at radius 3 is 3.00 bits per heavy atom. The number of halogens is 1. The molecule has 0 aromatic carbocycles. The number of aryl methyl sites for hydroxylation is 1. The first kappa shape index (κ1) is 10.6. The van der Waals surface area contributed by atoms with Gasteiger partial charge in [0, 0.05) is 13.2 Å². The summed E-state index contributed by atoms with van der Waals surface area (Å²) in [5, 5.41) is 16.7. The molecular weight excluding hydrogens is 234 g/mol. The van der Waals surface area contributed by atoms with Crippen molar-refractivity contribution in [3.63, 3.8) is 0 Å². The molecule has 80 valence electrons. The first-order valence-electron chi connectivity index (χ1n) is 4.56. The van der Waals surface area contributed by atoms with Gasteiger partial charge in [-0.2, -0.15) is 0 Å². The monoisotopic (exact) mass is 243 g/mol. The zero-order valence-electron chi connectivity index (χ0n) is 7.93. The van der Waals surface area contributed by atoms with Gasteiger partial charge in [0.2, 0.25) is 0 Å². The molecule has 0 aliphatic heterocycles. The lowest BCUT2D eigenvalue weighted by molar-refractivity contribution is 0.276. The number of aliphatic hydroxyl groups is 1. The third-order valence-electron chi connectivity index (χ3n) is 1.91. The summed E-state index contributed by atoms with van der Waals surface area (Å²) >= 11 is 7.31. The van der Waals surface area contributed by atoms with Crippen molar-refractivity contribution < 1.29 is 5.11 Å². The molecule has 15 heavy (non-hydrogen) atoms. The zero-order valence-corrected chi connectivity index (χ0v) is 9.50. The van der Waals surface area contributed by atoms with Crippen molar-refractivity contribution in [1.82, 2.24) is 15.0 Å². The lowest BCUT2D eigenvalue weighted by Gasteiger charge is -1.94. The largest absolute Gasteiger partial charge is 0.396 e. The number of aliphatic hydroxyl groups excluding tert-OH is 1. The van der Waals surface area contributed by atoms with E-state index in [1.807, 2.05) is 18.3 Å². The van der Waals surface area contributed by atoms with Crippen molar-refractivity contribution in [2.24, 2.45) is 0 Å². The summed E-state index contributed by atoms with van der Waals surface area (Å²) < 4.78 is 2.47. The minimum absolute atomic E-state index is 0.167. The quantitative estimate of drug-likeness (QED) is 0.894. The summed E-state index contributed by atoms with van der Waals surface area (Å²) in [6.07, 6.45) is 2.55. The van der Waals surface area contributed by atoms with Crippen molar-refractivity contribution in [1.29, 1.82) is 0 Å². The third-order valence-corrected chi connectivity index (χ3v) is 3.16. The number of hydrogen-bond donors (Lipinski definition) is 1. The Labute approximate surface area is 96.1 Å². The maximum absolute atomic E-state index is 8.68. The van der Waals surface area contributed by atoms with Crippen LogP contribution in [0.1, 0.15) is 6.42 Å². The average Bonchev–Trinajstić information content (AvgIpc) is 2.83. The highest BCUT2D eigenvalue weighted by Gasteiger charge is 2.06. The fourth-order valence-electron chi connectivity index (χ4n) is 1.21. The van der Waals surface area contributed by atoms with E-state index >= 15 is 0 Å². The summed E-state index contributed by atoms with van der Waals surface area (Å²) in [5.41, 5.74) is 0.824. The molecule has 0 radical (unpaired) electrons. The van der Waals surface area contributed by atoms with E-state index in [4.69, 9.17) is 16.7 Å². The van der Waals surface area contributed by atoms with E-state index in [1.54, 1.807) is 4.68 Å². The molecule has 0 aliphatic carbocycles. The minimum Gasteiger partial charge on any atom is -0.396 e. The Balaban J connectivity index is 2.13. The molecule has 6 heteroatoms. The second-order valence-corrected chi connectivity index (χ2v) is 4.76. The highest BCUT2D eigenvalue weighted by molar-refractivity contribution is 7.19. The van der Waals surface area contributed by atoms with Gasteiger partial charge in [-0.1, -0.05) is 16.8 Å². The highest BCUT2D eigenvalue weighted by Crippen LogP contribution is 2.29. The minimum atomic E-state index is 0.167. The summed E-state index contributed by atoms with van der Waals surface area (Å²) in [4.78, 5) is 1.01. The molecular formula is C9H10ClN3OS. The first-order chi connectivity index (χ1) is 7.29. The van der Waals surface area contributed by atoms with E-state index in [-0.39, 0.29) is 6.61 Å². The molecule has 2 rings (SSSR count). The van der Waals surface area contributed by atoms with Crippen LogP contribution < -0.4 is 0 Å². The number of aromatic nitrogens is 3. The van der Waals surface area contributed by atoms with Gasteiger partial charge in [-0.25, -0.2) is 0 Å². The van der Waals surface area contributed by atoms with Gasteiger partial charge in [0.15, 0.2) is 0 Å². The second kappa shape index (κ2) is 4.74. The molecule has 0 amide bonds. The molecule has 4 nitrogen and oxygen atoms in total. The van der Waals surface area contributed by atoms with Crippen LogP contribution in [0, 0.1) is 0 Å². The molecule has 0 unspecified atom stereocenters. The molecule has 2 aromatic heterocycles. The summed E-state index contributed by atoms with van der Waals surface area (Å²) in [6.45, 7) is 0.850. The number of hydrogen-bond acceptors (Lipinski definition) is 4. The van der Waals surface area contributed by atoms with Crippen LogP contribution in [0.25, 0.3) is 10.6 Å². The Kier molecular flexibility index (Phi) is 3.35. The van der Waals surface area contributed by atoms with Gasteiger partial charge in [-0.3, -0.25) is 4.68 Å². The Hall–Kier alpha value is -0.910. The molecule has 0 saturated heterocycles. The van der Waals surface area contributed by atoms with Gasteiger partial charge < -0.3 is 5.11 Å². The van der Waals surface area contributed by atoms with E-state index < -0.39 is 0 Å².